The molecule has 0 saturated carbocycles. The van der Waals surface area contributed by atoms with Gasteiger partial charge in [0.2, 0.25) is 0 Å². The maximum absolute atomic E-state index is 12.4. The number of esters is 2. The van der Waals surface area contributed by atoms with Crippen LogP contribution < -0.4 is 4.89 Å². The minimum Gasteiger partial charge on any atom is -0.478 e. The van der Waals surface area contributed by atoms with E-state index in [1.807, 2.05) is 0 Å². The molecule has 0 saturated heterocycles. The number of hydrogen-bond acceptors (Lipinski definition) is 8. The van der Waals surface area contributed by atoms with Crippen molar-refractivity contribution in [3.63, 3.8) is 0 Å². The number of carbonyl (C=O) groups is 4. The van der Waals surface area contributed by atoms with Gasteiger partial charge in [0.05, 0.1) is 16.7 Å². The van der Waals surface area contributed by atoms with E-state index in [1.54, 1.807) is 20.8 Å². The molecule has 0 spiro atoms. The minimum absolute atomic E-state index is 0.0525. The van der Waals surface area contributed by atoms with Gasteiger partial charge in [-0.1, -0.05) is 0 Å². The molecule has 2 aromatic carbocycles. The SMILES string of the molecule is CC(CC(C)(C)OC(=O)c1ccc(OOC(=O)O)cc1)OC(=O)c1ccc(C(=O)O)cc1. The first-order valence-corrected chi connectivity index (χ1v) is 9.42. The van der Waals surface area contributed by atoms with Gasteiger partial charge in [-0.05, 0) is 69.3 Å². The lowest BCUT2D eigenvalue weighted by atomic mass is 10.0. The lowest BCUT2D eigenvalue weighted by Crippen LogP contribution is -2.33. The fourth-order valence-electron chi connectivity index (χ4n) is 2.82. The van der Waals surface area contributed by atoms with Crippen LogP contribution in [0.4, 0.5) is 4.79 Å². The molecule has 32 heavy (non-hydrogen) atoms. The number of carbonyl (C=O) groups excluding carboxylic acids is 2. The number of hydrogen-bond donors (Lipinski definition) is 2. The topological polar surface area (TPSA) is 146 Å². The molecule has 10 heteroatoms. The maximum Gasteiger partial charge on any atom is 0.547 e. The molecule has 170 valence electrons. The Hall–Kier alpha value is -4.08. The van der Waals surface area contributed by atoms with Crippen LogP contribution in [-0.4, -0.2) is 46.0 Å². The van der Waals surface area contributed by atoms with Gasteiger partial charge in [-0.3, -0.25) is 4.89 Å². The second-order valence-electron chi connectivity index (χ2n) is 7.41. The van der Waals surface area contributed by atoms with Crippen LogP contribution in [0.15, 0.2) is 48.5 Å². The first kappa shape index (κ1) is 24.2. The predicted octanol–water partition coefficient (Wildman–Crippen LogP) is 3.94. The Balaban J connectivity index is 1.90. The quantitative estimate of drug-likeness (QED) is 0.330. The summed E-state index contributed by atoms with van der Waals surface area (Å²) in [5, 5.41) is 17.3. The summed E-state index contributed by atoms with van der Waals surface area (Å²) in [4.78, 5) is 54.3. The Labute approximate surface area is 183 Å². The largest absolute Gasteiger partial charge is 0.547 e. The van der Waals surface area contributed by atoms with Gasteiger partial charge >= 0.3 is 24.1 Å². The highest BCUT2D eigenvalue weighted by Gasteiger charge is 2.28. The Kier molecular flexibility index (Phi) is 7.78. The van der Waals surface area contributed by atoms with Crippen molar-refractivity contribution in [3.8, 4) is 5.75 Å². The van der Waals surface area contributed by atoms with Gasteiger partial charge in [0, 0.05) is 6.42 Å². The summed E-state index contributed by atoms with van der Waals surface area (Å²) in [5.74, 6) is -2.28. The molecule has 0 heterocycles. The van der Waals surface area contributed by atoms with Gasteiger partial charge in [-0.15, -0.1) is 0 Å². The second-order valence-corrected chi connectivity index (χ2v) is 7.41. The van der Waals surface area contributed by atoms with Gasteiger partial charge in [0.25, 0.3) is 0 Å². The van der Waals surface area contributed by atoms with Crippen molar-refractivity contribution >= 4 is 24.1 Å². The molecule has 0 aliphatic rings. The molecule has 2 rings (SSSR count). The zero-order valence-electron chi connectivity index (χ0n) is 17.6. The number of carboxylic acids is 1. The summed E-state index contributed by atoms with van der Waals surface area (Å²) in [6.45, 7) is 4.97. The lowest BCUT2D eigenvalue weighted by molar-refractivity contribution is -0.161. The molecule has 1 atom stereocenters. The zero-order chi connectivity index (χ0) is 23.9. The molecule has 2 aromatic rings. The molecule has 0 bridgehead atoms. The van der Waals surface area contributed by atoms with Gasteiger partial charge in [-0.25, -0.2) is 24.1 Å². The highest BCUT2D eigenvalue weighted by molar-refractivity contribution is 5.92. The van der Waals surface area contributed by atoms with Crippen molar-refractivity contribution in [3.05, 3.63) is 65.2 Å². The molecular formula is C22H22O10. The first-order valence-electron chi connectivity index (χ1n) is 9.42. The van der Waals surface area contributed by atoms with Crippen LogP contribution in [0.5, 0.6) is 5.75 Å². The summed E-state index contributed by atoms with van der Waals surface area (Å²) in [7, 11) is 0. The molecule has 0 aliphatic carbocycles. The van der Waals surface area contributed by atoms with E-state index in [2.05, 4.69) is 9.78 Å². The van der Waals surface area contributed by atoms with Crippen molar-refractivity contribution < 1.29 is 48.6 Å². The number of ether oxygens (including phenoxy) is 2. The molecule has 0 amide bonds. The smallest absolute Gasteiger partial charge is 0.478 e. The van der Waals surface area contributed by atoms with E-state index in [4.69, 9.17) is 19.7 Å². The van der Waals surface area contributed by atoms with Gasteiger partial charge in [-0.2, -0.15) is 0 Å². The van der Waals surface area contributed by atoms with Crippen molar-refractivity contribution in [2.24, 2.45) is 0 Å². The van der Waals surface area contributed by atoms with Crippen molar-refractivity contribution in [2.45, 2.75) is 38.9 Å². The van der Waals surface area contributed by atoms with Gasteiger partial charge in [0.15, 0.2) is 5.75 Å². The minimum atomic E-state index is -1.61. The van der Waals surface area contributed by atoms with Crippen LogP contribution in [0.2, 0.25) is 0 Å². The molecule has 2 N–H and O–H groups in total. The number of carboxylic acid groups (broad SMARTS) is 2. The van der Waals surface area contributed by atoms with Gasteiger partial charge < -0.3 is 19.7 Å². The first-order chi connectivity index (χ1) is 15.0. The maximum atomic E-state index is 12.4. The summed E-state index contributed by atoms with van der Waals surface area (Å²) < 4.78 is 10.9. The molecule has 10 nitrogen and oxygen atoms in total. The third-order valence-corrected chi connectivity index (χ3v) is 4.12. The average Bonchev–Trinajstić information content (AvgIpc) is 2.71. The Bertz CT molecular complexity index is 977. The Morgan fingerprint density at radius 2 is 1.34 bits per heavy atom. The van der Waals surface area contributed by atoms with E-state index in [-0.39, 0.29) is 28.9 Å². The second kappa shape index (κ2) is 10.3. The highest BCUT2D eigenvalue weighted by Crippen LogP contribution is 2.22. The van der Waals surface area contributed by atoms with Crippen molar-refractivity contribution in [2.75, 3.05) is 0 Å². The van der Waals surface area contributed by atoms with Crippen molar-refractivity contribution in [1.29, 1.82) is 0 Å². The monoisotopic (exact) mass is 446 g/mol. The molecule has 0 aliphatic heterocycles. The third kappa shape index (κ3) is 7.31. The van der Waals surface area contributed by atoms with E-state index >= 15 is 0 Å². The van der Waals surface area contributed by atoms with Crippen LogP contribution >= 0.6 is 0 Å². The molecule has 0 aromatic heterocycles. The highest BCUT2D eigenvalue weighted by atomic mass is 17.2. The Morgan fingerprint density at radius 1 is 0.844 bits per heavy atom. The van der Waals surface area contributed by atoms with E-state index in [0.717, 1.165) is 0 Å². The average molecular weight is 446 g/mol. The molecule has 1 unspecified atom stereocenters. The van der Waals surface area contributed by atoms with E-state index in [9.17, 15) is 19.2 Å². The fourth-order valence-corrected chi connectivity index (χ4v) is 2.82. The number of rotatable bonds is 9. The molecule has 0 radical (unpaired) electrons. The van der Waals surface area contributed by atoms with Crippen LogP contribution in [0.3, 0.4) is 0 Å². The summed E-state index contributed by atoms with van der Waals surface area (Å²) >= 11 is 0. The van der Waals surface area contributed by atoms with Crippen LogP contribution in [0.25, 0.3) is 0 Å². The predicted molar refractivity (Wildman–Crippen MR) is 109 cm³/mol. The third-order valence-electron chi connectivity index (χ3n) is 4.12. The Morgan fingerprint density at radius 3 is 1.88 bits per heavy atom. The van der Waals surface area contributed by atoms with Crippen molar-refractivity contribution in [1.82, 2.24) is 0 Å². The fraction of sp³-hybridized carbons (Fsp3) is 0.273. The number of aromatic carboxylic acids is 1. The summed E-state index contributed by atoms with van der Waals surface area (Å²) in [6, 6.07) is 10.8. The van der Waals surface area contributed by atoms with Crippen LogP contribution in [0, 0.1) is 0 Å². The summed E-state index contributed by atoms with van der Waals surface area (Å²) in [6.07, 6.45) is -2.01. The van der Waals surface area contributed by atoms with Crippen LogP contribution in [0.1, 0.15) is 58.3 Å². The number of benzene rings is 2. The lowest BCUT2D eigenvalue weighted by Gasteiger charge is -2.28. The van der Waals surface area contributed by atoms with E-state index in [1.165, 1.54) is 48.5 Å². The summed E-state index contributed by atoms with van der Waals surface area (Å²) in [5.41, 5.74) is -0.530. The molecular weight excluding hydrogens is 424 g/mol. The molecule has 0 fully saturated rings. The van der Waals surface area contributed by atoms with Crippen LogP contribution in [-0.2, 0) is 14.4 Å². The normalized spacial score (nSPS) is 11.7. The van der Waals surface area contributed by atoms with Gasteiger partial charge in [0.1, 0.15) is 11.7 Å². The standard InChI is InChI=1S/C22H22O10/c1-13(29-19(25)15-6-4-14(5-7-15)18(23)24)12-22(2,3)30-20(26)16-8-10-17(11-9-16)31-32-21(27)28/h4-11,13H,12H2,1-3H3,(H,23,24)(H,27,28). The zero-order valence-corrected chi connectivity index (χ0v) is 17.6. The van der Waals surface area contributed by atoms with E-state index < -0.39 is 35.8 Å². The van der Waals surface area contributed by atoms with E-state index in [0.29, 0.717) is 0 Å².